The second-order valence-corrected chi connectivity index (χ2v) is 8.32. The van der Waals surface area contributed by atoms with Gasteiger partial charge in [-0.3, -0.25) is 9.78 Å². The summed E-state index contributed by atoms with van der Waals surface area (Å²) < 4.78 is 5.60. The molecule has 0 aliphatic heterocycles. The van der Waals surface area contributed by atoms with E-state index in [0.29, 0.717) is 30.4 Å². The van der Waals surface area contributed by atoms with Crippen LogP contribution in [0.15, 0.2) is 18.3 Å². The van der Waals surface area contributed by atoms with Crippen LogP contribution in [0.2, 0.25) is 0 Å². The van der Waals surface area contributed by atoms with Gasteiger partial charge in [0.15, 0.2) is 5.82 Å². The summed E-state index contributed by atoms with van der Waals surface area (Å²) in [5, 5.41) is 3.00. The fraction of sp³-hybridized carbons (Fsp3) is 0.524. The second-order valence-electron chi connectivity index (χ2n) is 8.32. The zero-order valence-corrected chi connectivity index (χ0v) is 17.7. The highest BCUT2D eigenvalue weighted by Gasteiger charge is 2.24. The number of carbonyl (C=O) groups is 1. The lowest BCUT2D eigenvalue weighted by Crippen LogP contribution is -2.45. The average Bonchev–Trinajstić information content (AvgIpc) is 3.12. The van der Waals surface area contributed by atoms with Gasteiger partial charge in [0.25, 0.3) is 0 Å². The van der Waals surface area contributed by atoms with Crippen molar-refractivity contribution in [2.45, 2.75) is 45.6 Å². The lowest BCUT2D eigenvalue weighted by Gasteiger charge is -2.25. The second kappa shape index (κ2) is 8.73. The number of nitrogens with two attached hydrogens (primary N) is 1. The quantitative estimate of drug-likeness (QED) is 0.731. The number of aromatic nitrogens is 3. The average molecular weight is 399 g/mol. The number of carbonyl (C=O) groups excluding carboxylic acids is 1. The monoisotopic (exact) mass is 398 g/mol. The summed E-state index contributed by atoms with van der Waals surface area (Å²) in [5.74, 6) is 1.98. The van der Waals surface area contributed by atoms with Gasteiger partial charge in [-0.15, -0.1) is 0 Å². The molecule has 0 atom stereocenters. The van der Waals surface area contributed by atoms with Gasteiger partial charge in [-0.2, -0.15) is 0 Å². The summed E-state index contributed by atoms with van der Waals surface area (Å²) in [6.45, 7) is 7.02. The van der Waals surface area contributed by atoms with Gasteiger partial charge in [0, 0.05) is 42.7 Å². The first-order valence-corrected chi connectivity index (χ1v) is 9.98. The molecule has 0 spiro atoms. The zero-order valence-electron chi connectivity index (χ0n) is 17.7. The minimum absolute atomic E-state index is 0.0396. The van der Waals surface area contributed by atoms with Gasteiger partial charge >= 0.3 is 0 Å². The molecular formula is C21H30N6O2. The highest BCUT2D eigenvalue weighted by atomic mass is 16.5. The van der Waals surface area contributed by atoms with Crippen LogP contribution in [0.5, 0.6) is 5.75 Å². The van der Waals surface area contributed by atoms with Crippen molar-refractivity contribution < 1.29 is 9.53 Å². The number of hydrogen-bond donors (Lipinski definition) is 2. The van der Waals surface area contributed by atoms with Crippen LogP contribution in [0.3, 0.4) is 0 Å². The Morgan fingerprint density at radius 2 is 2.10 bits per heavy atom. The smallest absolute Gasteiger partial charge is 0.239 e. The third-order valence-electron chi connectivity index (χ3n) is 4.52. The summed E-state index contributed by atoms with van der Waals surface area (Å²) in [6, 6.07) is 3.61. The van der Waals surface area contributed by atoms with E-state index in [0.717, 1.165) is 36.3 Å². The molecule has 0 saturated heterocycles. The number of likely N-dealkylation sites (N-methyl/N-ethyl adjacent to an activating group) is 1. The molecule has 29 heavy (non-hydrogen) atoms. The van der Waals surface area contributed by atoms with Crippen molar-refractivity contribution in [1.29, 1.82) is 0 Å². The zero-order chi connectivity index (χ0) is 21.0. The van der Waals surface area contributed by atoms with Crippen molar-refractivity contribution in [3.05, 3.63) is 29.6 Å². The maximum absolute atomic E-state index is 12.4. The predicted molar refractivity (Wildman–Crippen MR) is 113 cm³/mol. The van der Waals surface area contributed by atoms with Crippen molar-refractivity contribution in [1.82, 2.24) is 20.3 Å². The van der Waals surface area contributed by atoms with E-state index < -0.39 is 0 Å². The number of nitrogens with zero attached hydrogens (tertiary/aromatic N) is 4. The number of rotatable bonds is 7. The molecule has 0 radical (unpaired) electrons. The van der Waals surface area contributed by atoms with Crippen LogP contribution < -0.4 is 20.7 Å². The first-order valence-electron chi connectivity index (χ1n) is 9.98. The largest absolute Gasteiger partial charge is 0.492 e. The van der Waals surface area contributed by atoms with Gasteiger partial charge in [0.2, 0.25) is 5.91 Å². The summed E-state index contributed by atoms with van der Waals surface area (Å²) >= 11 is 0. The van der Waals surface area contributed by atoms with Crippen molar-refractivity contribution in [3.8, 4) is 17.3 Å². The molecule has 0 saturated carbocycles. The molecule has 8 nitrogen and oxygen atoms in total. The molecule has 0 unspecified atom stereocenters. The van der Waals surface area contributed by atoms with E-state index in [9.17, 15) is 4.79 Å². The molecule has 1 amide bonds. The van der Waals surface area contributed by atoms with Crippen molar-refractivity contribution >= 4 is 11.7 Å². The molecule has 2 aromatic rings. The first kappa shape index (κ1) is 21.0. The van der Waals surface area contributed by atoms with E-state index in [1.165, 1.54) is 0 Å². The molecule has 3 rings (SSSR count). The molecule has 3 N–H and O–H groups in total. The van der Waals surface area contributed by atoms with Gasteiger partial charge in [0.05, 0.1) is 6.54 Å². The maximum atomic E-state index is 12.4. The molecule has 1 aliphatic carbocycles. The number of fused-ring (bicyclic) bond motifs is 1. The Hall–Kier alpha value is -2.74. The molecule has 2 heterocycles. The molecule has 2 aromatic heterocycles. The summed E-state index contributed by atoms with van der Waals surface area (Å²) in [4.78, 5) is 28.2. The van der Waals surface area contributed by atoms with Gasteiger partial charge < -0.3 is 20.7 Å². The number of anilines is 1. The number of nitrogens with one attached hydrogen (secondary N) is 1. The van der Waals surface area contributed by atoms with Crippen molar-refractivity contribution in [3.63, 3.8) is 0 Å². The Morgan fingerprint density at radius 3 is 2.83 bits per heavy atom. The van der Waals surface area contributed by atoms with Crippen molar-refractivity contribution in [2.24, 2.45) is 5.73 Å². The minimum atomic E-state index is -0.273. The third kappa shape index (κ3) is 5.41. The third-order valence-corrected chi connectivity index (χ3v) is 4.52. The SMILES string of the molecule is CN(CC(=O)NC(C)(C)C)c1nc(-c2cc(OCCN)ccn2)nc2c1CCC2. The van der Waals surface area contributed by atoms with E-state index in [2.05, 4.69) is 10.3 Å². The van der Waals surface area contributed by atoms with Crippen LogP contribution in [0.4, 0.5) is 5.82 Å². The lowest BCUT2D eigenvalue weighted by atomic mass is 10.1. The molecule has 0 aromatic carbocycles. The summed E-state index contributed by atoms with van der Waals surface area (Å²) in [7, 11) is 1.89. The number of hydrogen-bond acceptors (Lipinski definition) is 7. The Bertz CT molecular complexity index is 878. The van der Waals surface area contributed by atoms with Crippen LogP contribution in [0, 0.1) is 0 Å². The predicted octanol–water partition coefficient (Wildman–Crippen LogP) is 1.72. The van der Waals surface area contributed by atoms with Crippen LogP contribution in [0.25, 0.3) is 11.5 Å². The van der Waals surface area contributed by atoms with E-state index in [1.54, 1.807) is 12.3 Å². The maximum Gasteiger partial charge on any atom is 0.239 e. The van der Waals surface area contributed by atoms with Crippen molar-refractivity contribution in [2.75, 3.05) is 31.6 Å². The Kier molecular flexibility index (Phi) is 6.32. The standard InChI is InChI=1S/C21H30N6O2/c1-21(2,3)26-18(28)13-27(4)20-15-6-5-7-16(15)24-19(25-20)17-12-14(8-10-23-17)29-11-9-22/h8,10,12H,5-7,9,11,13,22H2,1-4H3,(H,26,28). The van der Waals surface area contributed by atoms with Crippen LogP contribution in [0.1, 0.15) is 38.4 Å². The molecule has 0 bridgehead atoms. The lowest BCUT2D eigenvalue weighted by molar-refractivity contribution is -0.121. The highest BCUT2D eigenvalue weighted by molar-refractivity contribution is 5.82. The van der Waals surface area contributed by atoms with Crippen LogP contribution in [-0.2, 0) is 17.6 Å². The number of ether oxygens (including phenoxy) is 1. The van der Waals surface area contributed by atoms with Gasteiger partial charge in [-0.05, 0) is 46.1 Å². The van der Waals surface area contributed by atoms with E-state index in [-0.39, 0.29) is 18.0 Å². The van der Waals surface area contributed by atoms with Gasteiger partial charge in [0.1, 0.15) is 23.9 Å². The molecular weight excluding hydrogens is 368 g/mol. The number of aryl methyl sites for hydroxylation is 1. The molecule has 1 aliphatic rings. The van der Waals surface area contributed by atoms with Crippen LogP contribution in [-0.4, -0.2) is 53.1 Å². The fourth-order valence-corrected chi connectivity index (χ4v) is 3.39. The molecule has 8 heteroatoms. The highest BCUT2D eigenvalue weighted by Crippen LogP contribution is 2.31. The Labute approximate surface area is 171 Å². The van der Waals surface area contributed by atoms with E-state index >= 15 is 0 Å². The van der Waals surface area contributed by atoms with Gasteiger partial charge in [-0.25, -0.2) is 9.97 Å². The molecule has 0 fully saturated rings. The fourth-order valence-electron chi connectivity index (χ4n) is 3.39. The normalized spacial score (nSPS) is 13.1. The molecule has 156 valence electrons. The first-order chi connectivity index (χ1) is 13.8. The summed E-state index contributed by atoms with van der Waals surface area (Å²) in [5.41, 5.74) is 8.03. The van der Waals surface area contributed by atoms with E-state index in [1.807, 2.05) is 38.8 Å². The number of amides is 1. The summed E-state index contributed by atoms with van der Waals surface area (Å²) in [6.07, 6.45) is 4.54. The number of pyridine rings is 1. The topological polar surface area (TPSA) is 106 Å². The van der Waals surface area contributed by atoms with Crippen LogP contribution >= 0.6 is 0 Å². The van der Waals surface area contributed by atoms with E-state index in [4.69, 9.17) is 20.4 Å². The van der Waals surface area contributed by atoms with Gasteiger partial charge in [-0.1, -0.05) is 0 Å². The minimum Gasteiger partial charge on any atom is -0.492 e. The Balaban J connectivity index is 1.89. The Morgan fingerprint density at radius 1 is 1.31 bits per heavy atom.